The summed E-state index contributed by atoms with van der Waals surface area (Å²) < 4.78 is 0. The van der Waals surface area contributed by atoms with E-state index in [1.165, 1.54) is 6.92 Å². The van der Waals surface area contributed by atoms with Crippen LogP contribution in [-0.2, 0) is 11.2 Å². The first kappa shape index (κ1) is 15.9. The Morgan fingerprint density at radius 1 is 1.35 bits per heavy atom. The van der Waals surface area contributed by atoms with Gasteiger partial charge in [0.05, 0.1) is 0 Å². The first-order valence-corrected chi connectivity index (χ1v) is 6.65. The number of aryl methyl sites for hydroxylation is 1. The van der Waals surface area contributed by atoms with Crippen LogP contribution in [0.3, 0.4) is 0 Å². The lowest BCUT2D eigenvalue weighted by atomic mass is 9.91. The first-order valence-electron chi connectivity index (χ1n) is 6.65. The van der Waals surface area contributed by atoms with Gasteiger partial charge in [-0.2, -0.15) is 0 Å². The second kappa shape index (κ2) is 6.85. The van der Waals surface area contributed by atoms with Gasteiger partial charge in [0.2, 0.25) is 5.78 Å². The van der Waals surface area contributed by atoms with E-state index in [2.05, 4.69) is 6.58 Å². The second-order valence-electron chi connectivity index (χ2n) is 4.66. The Morgan fingerprint density at radius 3 is 2.45 bits per heavy atom. The molecule has 0 radical (unpaired) electrons. The molecule has 0 aliphatic heterocycles. The largest absolute Gasteiger partial charge is 0.505 e. The summed E-state index contributed by atoms with van der Waals surface area (Å²) in [5.41, 5.74) is 2.61. The summed E-state index contributed by atoms with van der Waals surface area (Å²) in [4.78, 5) is 23.5. The van der Waals surface area contributed by atoms with Crippen LogP contribution in [0.25, 0.3) is 5.57 Å². The Labute approximate surface area is 119 Å². The first-order chi connectivity index (χ1) is 9.42. The van der Waals surface area contributed by atoms with E-state index in [-0.39, 0.29) is 5.78 Å². The number of benzene rings is 1. The molecule has 0 bridgehead atoms. The topological polar surface area (TPSA) is 54.4 Å². The SMILES string of the molecule is C=C(O)C(=O)/C(=C/C)c1cc(C(C)=O)ccc1CCC. The Hall–Kier alpha value is -2.16. The molecule has 0 aliphatic carbocycles. The van der Waals surface area contributed by atoms with E-state index in [1.807, 2.05) is 13.0 Å². The molecule has 1 rings (SSSR count). The van der Waals surface area contributed by atoms with Gasteiger partial charge < -0.3 is 5.11 Å². The molecule has 0 spiro atoms. The van der Waals surface area contributed by atoms with Gasteiger partial charge in [-0.25, -0.2) is 0 Å². The summed E-state index contributed by atoms with van der Waals surface area (Å²) in [5.74, 6) is -1.06. The van der Waals surface area contributed by atoms with Gasteiger partial charge in [-0.3, -0.25) is 9.59 Å². The van der Waals surface area contributed by atoms with Crippen LogP contribution in [0.15, 0.2) is 36.6 Å². The Morgan fingerprint density at radius 2 is 2.00 bits per heavy atom. The fourth-order valence-electron chi connectivity index (χ4n) is 2.10. The molecule has 3 heteroatoms. The van der Waals surface area contributed by atoms with Crippen LogP contribution < -0.4 is 0 Å². The molecule has 0 aliphatic rings. The lowest BCUT2D eigenvalue weighted by Gasteiger charge is -2.13. The van der Waals surface area contributed by atoms with Crippen molar-refractivity contribution in [1.29, 1.82) is 0 Å². The molecule has 1 N–H and O–H groups in total. The Balaban J connectivity index is 3.44. The summed E-state index contributed by atoms with van der Waals surface area (Å²) in [5, 5.41) is 9.33. The highest BCUT2D eigenvalue weighted by molar-refractivity contribution is 6.27. The molecule has 0 saturated carbocycles. The number of allylic oxidation sites excluding steroid dienone is 2. The number of Topliss-reactive ketones (excluding diaryl/α,β-unsaturated/α-hetero) is 2. The van der Waals surface area contributed by atoms with E-state index in [1.54, 1.807) is 25.1 Å². The summed E-state index contributed by atoms with van der Waals surface area (Å²) in [6, 6.07) is 5.35. The molecule has 0 aromatic heterocycles. The highest BCUT2D eigenvalue weighted by Crippen LogP contribution is 2.25. The van der Waals surface area contributed by atoms with Crippen molar-refractivity contribution in [3.63, 3.8) is 0 Å². The van der Waals surface area contributed by atoms with Crippen molar-refractivity contribution in [1.82, 2.24) is 0 Å². The number of ketones is 2. The normalized spacial score (nSPS) is 11.2. The van der Waals surface area contributed by atoms with Crippen LogP contribution in [0.1, 0.15) is 48.7 Å². The van der Waals surface area contributed by atoms with Crippen LogP contribution >= 0.6 is 0 Å². The molecular formula is C17H20O3. The van der Waals surface area contributed by atoms with E-state index in [4.69, 9.17) is 0 Å². The van der Waals surface area contributed by atoms with Crippen molar-refractivity contribution in [2.45, 2.75) is 33.6 Å². The summed E-state index contributed by atoms with van der Waals surface area (Å²) in [6.45, 7) is 8.54. The maximum Gasteiger partial charge on any atom is 0.226 e. The minimum Gasteiger partial charge on any atom is -0.505 e. The summed E-state index contributed by atoms with van der Waals surface area (Å²) in [6.07, 6.45) is 3.37. The smallest absolute Gasteiger partial charge is 0.226 e. The van der Waals surface area contributed by atoms with Crippen LogP contribution in [0.2, 0.25) is 0 Å². The fourth-order valence-corrected chi connectivity index (χ4v) is 2.10. The average molecular weight is 272 g/mol. The van der Waals surface area contributed by atoms with Gasteiger partial charge in [0.1, 0.15) is 0 Å². The third-order valence-electron chi connectivity index (χ3n) is 3.12. The zero-order valence-corrected chi connectivity index (χ0v) is 12.2. The van der Waals surface area contributed by atoms with E-state index < -0.39 is 11.5 Å². The van der Waals surface area contributed by atoms with Gasteiger partial charge in [-0.1, -0.05) is 38.1 Å². The molecule has 0 atom stereocenters. The lowest BCUT2D eigenvalue weighted by Crippen LogP contribution is -2.08. The number of carbonyl (C=O) groups excluding carboxylic acids is 2. The second-order valence-corrected chi connectivity index (χ2v) is 4.66. The maximum absolute atomic E-state index is 12.0. The van der Waals surface area contributed by atoms with Crippen LogP contribution in [0.4, 0.5) is 0 Å². The number of hydrogen-bond acceptors (Lipinski definition) is 3. The van der Waals surface area contributed by atoms with Crippen LogP contribution in [0.5, 0.6) is 0 Å². The molecular weight excluding hydrogens is 252 g/mol. The van der Waals surface area contributed by atoms with Crippen molar-refractivity contribution in [3.8, 4) is 0 Å². The van der Waals surface area contributed by atoms with Crippen molar-refractivity contribution in [2.24, 2.45) is 0 Å². The van der Waals surface area contributed by atoms with Crippen molar-refractivity contribution in [2.75, 3.05) is 0 Å². The van der Waals surface area contributed by atoms with E-state index in [9.17, 15) is 14.7 Å². The molecule has 0 heterocycles. The maximum atomic E-state index is 12.0. The molecule has 0 amide bonds. The Kier molecular flexibility index (Phi) is 5.44. The number of aliphatic hydroxyl groups excluding tert-OH is 1. The molecule has 1 aromatic carbocycles. The van der Waals surface area contributed by atoms with Crippen molar-refractivity contribution < 1.29 is 14.7 Å². The van der Waals surface area contributed by atoms with E-state index in [0.717, 1.165) is 18.4 Å². The number of rotatable bonds is 6. The highest BCUT2D eigenvalue weighted by atomic mass is 16.3. The minimum absolute atomic E-state index is 0.0555. The van der Waals surface area contributed by atoms with Crippen molar-refractivity contribution in [3.05, 3.63) is 53.3 Å². The monoisotopic (exact) mass is 272 g/mol. The predicted molar refractivity (Wildman–Crippen MR) is 80.9 cm³/mol. The van der Waals surface area contributed by atoms with Gasteiger partial charge in [-0.05, 0) is 37.5 Å². The minimum atomic E-state index is -0.509. The van der Waals surface area contributed by atoms with E-state index >= 15 is 0 Å². The number of aliphatic hydroxyl groups is 1. The molecule has 20 heavy (non-hydrogen) atoms. The van der Waals surface area contributed by atoms with Gasteiger partial charge in [0, 0.05) is 11.1 Å². The van der Waals surface area contributed by atoms with Crippen LogP contribution in [0, 0.1) is 0 Å². The standard InChI is InChI=1S/C17H20O3/c1-5-7-13-8-9-14(11(3)18)10-16(13)15(6-2)17(20)12(4)19/h6,8-10,19H,4-5,7H2,1-3H3/b15-6+. The van der Waals surface area contributed by atoms with Gasteiger partial charge in [0.15, 0.2) is 11.5 Å². The molecule has 3 nitrogen and oxygen atoms in total. The molecule has 0 fully saturated rings. The summed E-state index contributed by atoms with van der Waals surface area (Å²) in [7, 11) is 0. The lowest BCUT2D eigenvalue weighted by molar-refractivity contribution is -0.112. The van der Waals surface area contributed by atoms with Gasteiger partial charge in [-0.15, -0.1) is 0 Å². The van der Waals surface area contributed by atoms with Crippen LogP contribution in [-0.4, -0.2) is 16.7 Å². The number of carbonyl (C=O) groups is 2. The molecule has 0 saturated heterocycles. The van der Waals surface area contributed by atoms with E-state index in [0.29, 0.717) is 16.7 Å². The predicted octanol–water partition coefficient (Wildman–Crippen LogP) is 3.89. The van der Waals surface area contributed by atoms with Crippen molar-refractivity contribution >= 4 is 17.1 Å². The average Bonchev–Trinajstić information content (AvgIpc) is 2.40. The molecule has 1 aromatic rings. The molecule has 0 unspecified atom stereocenters. The Bertz CT molecular complexity index is 580. The molecule has 106 valence electrons. The fraction of sp³-hybridized carbons (Fsp3) is 0.294. The van der Waals surface area contributed by atoms with Gasteiger partial charge in [0.25, 0.3) is 0 Å². The third kappa shape index (κ3) is 3.44. The third-order valence-corrected chi connectivity index (χ3v) is 3.12. The zero-order chi connectivity index (χ0) is 15.3. The number of hydrogen-bond donors (Lipinski definition) is 1. The quantitative estimate of drug-likeness (QED) is 0.485. The van der Waals surface area contributed by atoms with Gasteiger partial charge >= 0.3 is 0 Å². The summed E-state index contributed by atoms with van der Waals surface area (Å²) >= 11 is 0. The highest BCUT2D eigenvalue weighted by Gasteiger charge is 2.18. The zero-order valence-electron chi connectivity index (χ0n) is 12.2.